The number of para-hydroxylation sites is 1. The highest BCUT2D eigenvalue weighted by Gasteiger charge is 2.12. The van der Waals surface area contributed by atoms with Gasteiger partial charge in [0.15, 0.2) is 0 Å². The highest BCUT2D eigenvalue weighted by Crippen LogP contribution is 2.31. The number of benzene rings is 1. The molecule has 0 atom stereocenters. The summed E-state index contributed by atoms with van der Waals surface area (Å²) in [5.74, 6) is 0.624. The van der Waals surface area contributed by atoms with E-state index in [0.29, 0.717) is 24.6 Å². The van der Waals surface area contributed by atoms with Crippen molar-refractivity contribution >= 4 is 17.3 Å². The summed E-state index contributed by atoms with van der Waals surface area (Å²) in [7, 11) is 1.83. The molecule has 100 valence electrons. The summed E-state index contributed by atoms with van der Waals surface area (Å²) in [5, 5.41) is 2.75. The van der Waals surface area contributed by atoms with Gasteiger partial charge in [-0.15, -0.1) is 0 Å². The van der Waals surface area contributed by atoms with Crippen LogP contribution in [-0.4, -0.2) is 32.7 Å². The number of hydrogen-bond donors (Lipinski definition) is 2. The van der Waals surface area contributed by atoms with E-state index in [1.54, 1.807) is 0 Å². The molecule has 1 aromatic rings. The standard InChI is InChI=1S/C13H21N3O2/c1-4-15-12(17)9-16(3)10-7-6-8-11(13(10)14)18-5-2/h6-8H,4-5,9,14H2,1-3H3,(H,15,17). The van der Waals surface area contributed by atoms with Crippen LogP contribution >= 0.6 is 0 Å². The molecule has 1 amide bonds. The summed E-state index contributed by atoms with van der Waals surface area (Å²) in [5.41, 5.74) is 7.38. The summed E-state index contributed by atoms with van der Waals surface area (Å²) in [4.78, 5) is 13.3. The summed E-state index contributed by atoms with van der Waals surface area (Å²) < 4.78 is 5.43. The Morgan fingerprint density at radius 3 is 2.78 bits per heavy atom. The van der Waals surface area contributed by atoms with Crippen molar-refractivity contribution < 1.29 is 9.53 Å². The highest BCUT2D eigenvalue weighted by molar-refractivity contribution is 5.83. The van der Waals surface area contributed by atoms with Crippen LogP contribution in [0.3, 0.4) is 0 Å². The molecule has 1 aromatic carbocycles. The fraction of sp³-hybridized carbons (Fsp3) is 0.462. The van der Waals surface area contributed by atoms with Crippen LogP contribution in [-0.2, 0) is 4.79 Å². The Bertz CT molecular complexity index is 407. The van der Waals surface area contributed by atoms with E-state index >= 15 is 0 Å². The predicted octanol–water partition coefficient (Wildman–Crippen LogP) is 1.24. The van der Waals surface area contributed by atoms with Gasteiger partial charge in [-0.05, 0) is 26.0 Å². The Kier molecular flexibility index (Phi) is 5.30. The molecule has 0 aliphatic rings. The molecular formula is C13H21N3O2. The maximum atomic E-state index is 11.5. The Balaban J connectivity index is 2.82. The van der Waals surface area contributed by atoms with Gasteiger partial charge in [-0.1, -0.05) is 6.07 Å². The maximum absolute atomic E-state index is 11.5. The SMILES string of the molecule is CCNC(=O)CN(C)c1cccc(OCC)c1N. The van der Waals surface area contributed by atoms with Crippen molar-refractivity contribution in [3.63, 3.8) is 0 Å². The Morgan fingerprint density at radius 1 is 1.44 bits per heavy atom. The lowest BCUT2D eigenvalue weighted by Crippen LogP contribution is -2.35. The zero-order valence-electron chi connectivity index (χ0n) is 11.2. The number of nitrogens with one attached hydrogen (secondary N) is 1. The maximum Gasteiger partial charge on any atom is 0.239 e. The first-order valence-electron chi connectivity index (χ1n) is 6.09. The third kappa shape index (κ3) is 3.55. The molecule has 0 aromatic heterocycles. The van der Waals surface area contributed by atoms with Crippen LogP contribution < -0.4 is 20.7 Å². The third-order valence-electron chi connectivity index (χ3n) is 2.51. The molecule has 0 fully saturated rings. The molecule has 3 N–H and O–H groups in total. The topological polar surface area (TPSA) is 67.6 Å². The average Bonchev–Trinajstić information content (AvgIpc) is 2.32. The minimum Gasteiger partial charge on any atom is -0.492 e. The van der Waals surface area contributed by atoms with Crippen LogP contribution in [0.15, 0.2) is 18.2 Å². The van der Waals surface area contributed by atoms with Crippen molar-refractivity contribution in [1.29, 1.82) is 0 Å². The second-order valence-corrected chi connectivity index (χ2v) is 3.93. The lowest BCUT2D eigenvalue weighted by molar-refractivity contribution is -0.119. The zero-order valence-corrected chi connectivity index (χ0v) is 11.2. The van der Waals surface area contributed by atoms with Gasteiger partial charge in [-0.25, -0.2) is 0 Å². The number of hydrogen-bond acceptors (Lipinski definition) is 4. The number of amides is 1. The van der Waals surface area contributed by atoms with Crippen LogP contribution in [0.4, 0.5) is 11.4 Å². The quantitative estimate of drug-likeness (QED) is 0.746. The number of likely N-dealkylation sites (N-methyl/N-ethyl adjacent to an activating group) is 2. The van der Waals surface area contributed by atoms with Gasteiger partial charge in [0.1, 0.15) is 5.75 Å². The number of nitrogen functional groups attached to an aromatic ring is 1. The lowest BCUT2D eigenvalue weighted by Gasteiger charge is -2.21. The second kappa shape index (κ2) is 6.74. The number of nitrogens with two attached hydrogens (primary N) is 1. The molecule has 0 bridgehead atoms. The van der Waals surface area contributed by atoms with E-state index in [-0.39, 0.29) is 12.5 Å². The van der Waals surface area contributed by atoms with Gasteiger partial charge in [0.25, 0.3) is 0 Å². The molecule has 0 heterocycles. The van der Waals surface area contributed by atoms with Crippen LogP contribution in [0.1, 0.15) is 13.8 Å². The molecule has 0 aliphatic heterocycles. The third-order valence-corrected chi connectivity index (χ3v) is 2.51. The molecule has 18 heavy (non-hydrogen) atoms. The van der Waals surface area contributed by atoms with Crippen LogP contribution in [0.2, 0.25) is 0 Å². The molecule has 0 saturated carbocycles. The Hall–Kier alpha value is -1.91. The number of rotatable bonds is 6. The van der Waals surface area contributed by atoms with Crippen molar-refractivity contribution in [2.45, 2.75) is 13.8 Å². The first-order chi connectivity index (χ1) is 8.60. The summed E-state index contributed by atoms with van der Waals surface area (Å²) in [6.07, 6.45) is 0. The number of nitrogens with zero attached hydrogens (tertiary/aromatic N) is 1. The molecule has 0 radical (unpaired) electrons. The second-order valence-electron chi connectivity index (χ2n) is 3.93. The van der Waals surface area contributed by atoms with Gasteiger partial charge in [0, 0.05) is 13.6 Å². The number of carbonyl (C=O) groups excluding carboxylic acids is 1. The first-order valence-corrected chi connectivity index (χ1v) is 6.09. The molecular weight excluding hydrogens is 230 g/mol. The van der Waals surface area contributed by atoms with Crippen molar-refractivity contribution in [3.8, 4) is 5.75 Å². The van der Waals surface area contributed by atoms with Crippen LogP contribution in [0, 0.1) is 0 Å². The number of ether oxygens (including phenoxy) is 1. The number of carbonyl (C=O) groups is 1. The molecule has 5 nitrogen and oxygen atoms in total. The number of anilines is 2. The van der Waals surface area contributed by atoms with E-state index in [0.717, 1.165) is 5.69 Å². The van der Waals surface area contributed by atoms with E-state index in [1.165, 1.54) is 0 Å². The van der Waals surface area contributed by atoms with Crippen LogP contribution in [0.25, 0.3) is 0 Å². The lowest BCUT2D eigenvalue weighted by atomic mass is 10.2. The van der Waals surface area contributed by atoms with Crippen molar-refractivity contribution in [2.24, 2.45) is 0 Å². The normalized spacial score (nSPS) is 9.94. The van der Waals surface area contributed by atoms with E-state index in [2.05, 4.69) is 5.32 Å². The largest absolute Gasteiger partial charge is 0.492 e. The minimum atomic E-state index is -0.0267. The molecule has 0 aliphatic carbocycles. The van der Waals surface area contributed by atoms with E-state index in [4.69, 9.17) is 10.5 Å². The summed E-state index contributed by atoms with van der Waals surface area (Å²) in [6, 6.07) is 5.56. The van der Waals surface area contributed by atoms with Gasteiger partial charge in [0.2, 0.25) is 5.91 Å². The first kappa shape index (κ1) is 14.2. The Labute approximate surface area is 108 Å². The van der Waals surface area contributed by atoms with E-state index in [9.17, 15) is 4.79 Å². The highest BCUT2D eigenvalue weighted by atomic mass is 16.5. The minimum absolute atomic E-state index is 0.0267. The van der Waals surface area contributed by atoms with Crippen molar-refractivity contribution in [1.82, 2.24) is 5.32 Å². The molecule has 0 spiro atoms. The fourth-order valence-electron chi connectivity index (χ4n) is 1.70. The fourth-order valence-corrected chi connectivity index (χ4v) is 1.70. The molecule has 1 rings (SSSR count). The zero-order chi connectivity index (χ0) is 13.5. The van der Waals surface area contributed by atoms with Gasteiger partial charge in [-0.3, -0.25) is 4.79 Å². The molecule has 0 saturated heterocycles. The van der Waals surface area contributed by atoms with Gasteiger partial charge >= 0.3 is 0 Å². The summed E-state index contributed by atoms with van der Waals surface area (Å²) >= 11 is 0. The van der Waals surface area contributed by atoms with E-state index in [1.807, 2.05) is 44.0 Å². The Morgan fingerprint density at radius 2 is 2.17 bits per heavy atom. The van der Waals surface area contributed by atoms with Gasteiger partial charge in [-0.2, -0.15) is 0 Å². The van der Waals surface area contributed by atoms with Crippen molar-refractivity contribution in [2.75, 3.05) is 37.4 Å². The van der Waals surface area contributed by atoms with Gasteiger partial charge in [0.05, 0.1) is 24.5 Å². The van der Waals surface area contributed by atoms with E-state index < -0.39 is 0 Å². The van der Waals surface area contributed by atoms with Crippen molar-refractivity contribution in [3.05, 3.63) is 18.2 Å². The van der Waals surface area contributed by atoms with Crippen LogP contribution in [0.5, 0.6) is 5.75 Å². The molecule has 0 unspecified atom stereocenters. The average molecular weight is 251 g/mol. The smallest absolute Gasteiger partial charge is 0.239 e. The predicted molar refractivity (Wildman–Crippen MR) is 74.0 cm³/mol. The summed E-state index contributed by atoms with van der Waals surface area (Å²) in [6.45, 7) is 5.26. The molecule has 5 heteroatoms. The van der Waals surface area contributed by atoms with Gasteiger partial charge < -0.3 is 20.7 Å². The monoisotopic (exact) mass is 251 g/mol.